The number of carbonyl (C=O) groups excluding carboxylic acids is 2. The zero-order valence-corrected chi connectivity index (χ0v) is 14.7. The summed E-state index contributed by atoms with van der Waals surface area (Å²) in [6.45, 7) is 0. The molecule has 0 unspecified atom stereocenters. The topological polar surface area (TPSA) is 54.3 Å². The highest BCUT2D eigenvalue weighted by Crippen LogP contribution is 2.34. The van der Waals surface area contributed by atoms with Crippen molar-refractivity contribution < 1.29 is 9.59 Å². The molecule has 1 aliphatic heterocycles. The monoisotopic (exact) mass is 379 g/mol. The van der Waals surface area contributed by atoms with E-state index in [4.69, 9.17) is 35.4 Å². The molecule has 3 rings (SSSR count). The van der Waals surface area contributed by atoms with Gasteiger partial charge >= 0.3 is 0 Å². The quantitative estimate of drug-likeness (QED) is 0.495. The highest BCUT2D eigenvalue weighted by atomic mass is 35.5. The lowest BCUT2D eigenvalue weighted by atomic mass is 10.1. The van der Waals surface area contributed by atoms with Gasteiger partial charge in [-0.25, -0.2) is 0 Å². The fourth-order valence-corrected chi connectivity index (χ4v) is 2.97. The Morgan fingerprint density at radius 2 is 1.96 bits per heavy atom. The number of nitrogens with zero attached hydrogens (tertiary/aromatic N) is 2. The van der Waals surface area contributed by atoms with Gasteiger partial charge in [0.2, 0.25) is 0 Å². The third-order valence-corrected chi connectivity index (χ3v) is 4.53. The third-order valence-electron chi connectivity index (χ3n) is 3.44. The second-order valence-electron chi connectivity index (χ2n) is 5.14. The minimum Gasteiger partial charge on any atom is -0.357 e. The van der Waals surface area contributed by atoms with Gasteiger partial charge in [-0.1, -0.05) is 29.3 Å². The highest BCUT2D eigenvalue weighted by molar-refractivity contribution is 7.80. The molecule has 0 radical (unpaired) electrons. The Balaban J connectivity index is 2.06. The molecule has 1 fully saturated rings. The largest absolute Gasteiger partial charge is 0.357 e. The van der Waals surface area contributed by atoms with Gasteiger partial charge in [-0.05, 0) is 42.1 Å². The van der Waals surface area contributed by atoms with Crippen molar-refractivity contribution in [2.75, 3.05) is 4.90 Å². The Hall–Kier alpha value is -2.15. The summed E-state index contributed by atoms with van der Waals surface area (Å²) in [5.74, 6) is -1.11. The van der Waals surface area contributed by atoms with Crippen molar-refractivity contribution in [2.24, 2.45) is 7.05 Å². The number of amides is 2. The SMILES string of the molecule is Cn1ccc(/C=C2/C(=O)NC(=S)N(c3cccc(Cl)c3Cl)C2=O)c1. The normalized spacial score (nSPS) is 16.7. The van der Waals surface area contributed by atoms with Crippen molar-refractivity contribution in [1.29, 1.82) is 0 Å². The van der Waals surface area contributed by atoms with Gasteiger partial charge < -0.3 is 4.57 Å². The average Bonchev–Trinajstić information content (AvgIpc) is 2.93. The molecule has 0 bridgehead atoms. The molecular weight excluding hydrogens is 369 g/mol. The molecule has 5 nitrogen and oxygen atoms in total. The fraction of sp³-hybridized carbons (Fsp3) is 0.0625. The molecule has 2 aromatic rings. The number of aryl methyl sites for hydroxylation is 1. The average molecular weight is 380 g/mol. The molecule has 24 heavy (non-hydrogen) atoms. The van der Waals surface area contributed by atoms with Crippen LogP contribution in [0.1, 0.15) is 5.56 Å². The van der Waals surface area contributed by atoms with Gasteiger partial charge in [0.25, 0.3) is 11.8 Å². The molecule has 0 saturated carbocycles. The van der Waals surface area contributed by atoms with Gasteiger partial charge in [-0.3, -0.25) is 19.8 Å². The van der Waals surface area contributed by atoms with E-state index in [0.717, 1.165) is 5.56 Å². The van der Waals surface area contributed by atoms with Crippen LogP contribution in [0.5, 0.6) is 0 Å². The maximum Gasteiger partial charge on any atom is 0.270 e. The summed E-state index contributed by atoms with van der Waals surface area (Å²) in [6, 6.07) is 6.65. The summed E-state index contributed by atoms with van der Waals surface area (Å²) in [5, 5.41) is 2.93. The van der Waals surface area contributed by atoms with Gasteiger partial charge in [0, 0.05) is 19.4 Å². The van der Waals surface area contributed by atoms with Crippen molar-refractivity contribution in [1.82, 2.24) is 9.88 Å². The lowest BCUT2D eigenvalue weighted by Crippen LogP contribution is -2.54. The number of benzene rings is 1. The zero-order valence-electron chi connectivity index (χ0n) is 12.4. The number of hydrogen-bond donors (Lipinski definition) is 1. The van der Waals surface area contributed by atoms with Crippen molar-refractivity contribution in [3.05, 3.63) is 57.8 Å². The van der Waals surface area contributed by atoms with E-state index in [9.17, 15) is 9.59 Å². The van der Waals surface area contributed by atoms with Crippen LogP contribution in [0.4, 0.5) is 5.69 Å². The Morgan fingerprint density at radius 1 is 1.21 bits per heavy atom. The molecule has 1 aromatic heterocycles. The summed E-state index contributed by atoms with van der Waals surface area (Å²) < 4.78 is 1.81. The van der Waals surface area contributed by atoms with Crippen molar-refractivity contribution >= 4 is 64.1 Å². The number of carbonyl (C=O) groups is 2. The third kappa shape index (κ3) is 2.96. The molecule has 1 N–H and O–H groups in total. The Bertz CT molecular complexity index is 904. The van der Waals surface area contributed by atoms with Crippen LogP contribution in [0.2, 0.25) is 10.0 Å². The van der Waals surface area contributed by atoms with Crippen LogP contribution >= 0.6 is 35.4 Å². The predicted molar refractivity (Wildman–Crippen MR) is 98.1 cm³/mol. The first-order valence-electron chi connectivity index (χ1n) is 6.86. The number of aromatic nitrogens is 1. The van der Waals surface area contributed by atoms with E-state index in [1.54, 1.807) is 30.5 Å². The van der Waals surface area contributed by atoms with Crippen molar-refractivity contribution in [2.45, 2.75) is 0 Å². The summed E-state index contributed by atoms with van der Waals surface area (Å²) in [4.78, 5) is 26.2. The number of halogens is 2. The van der Waals surface area contributed by atoms with Crippen LogP contribution in [0.15, 0.2) is 42.2 Å². The van der Waals surface area contributed by atoms with Crippen molar-refractivity contribution in [3.63, 3.8) is 0 Å². The van der Waals surface area contributed by atoms with Crippen LogP contribution in [-0.2, 0) is 16.6 Å². The predicted octanol–water partition coefficient (Wildman–Crippen LogP) is 3.16. The van der Waals surface area contributed by atoms with Crippen molar-refractivity contribution in [3.8, 4) is 0 Å². The van der Waals surface area contributed by atoms with Crippen LogP contribution < -0.4 is 10.2 Å². The Morgan fingerprint density at radius 3 is 2.62 bits per heavy atom. The molecule has 1 aliphatic rings. The highest BCUT2D eigenvalue weighted by Gasteiger charge is 2.35. The fourth-order valence-electron chi connectivity index (χ4n) is 2.32. The van der Waals surface area contributed by atoms with Gasteiger partial charge in [-0.15, -0.1) is 0 Å². The summed E-state index contributed by atoms with van der Waals surface area (Å²) in [5.41, 5.74) is 1.00. The second kappa shape index (κ2) is 6.39. The van der Waals surface area contributed by atoms with Gasteiger partial charge in [0.15, 0.2) is 5.11 Å². The molecule has 0 aliphatic carbocycles. The van der Waals surface area contributed by atoms with Crippen LogP contribution in [0, 0.1) is 0 Å². The maximum atomic E-state index is 12.8. The van der Waals surface area contributed by atoms with Gasteiger partial charge in [0.1, 0.15) is 5.57 Å². The minimum atomic E-state index is -0.559. The summed E-state index contributed by atoms with van der Waals surface area (Å²) in [7, 11) is 1.85. The molecular formula is C16H11Cl2N3O2S. The number of anilines is 1. The lowest BCUT2D eigenvalue weighted by molar-refractivity contribution is -0.122. The second-order valence-corrected chi connectivity index (χ2v) is 6.31. The van der Waals surface area contributed by atoms with Crippen LogP contribution in [-0.4, -0.2) is 21.5 Å². The first kappa shape index (κ1) is 16.7. The van der Waals surface area contributed by atoms with E-state index in [1.807, 2.05) is 17.8 Å². The molecule has 2 amide bonds. The minimum absolute atomic E-state index is 0.0363. The molecule has 0 atom stereocenters. The van der Waals surface area contributed by atoms with E-state index >= 15 is 0 Å². The van der Waals surface area contributed by atoms with E-state index in [1.165, 1.54) is 11.0 Å². The molecule has 122 valence electrons. The molecule has 1 aromatic carbocycles. The Labute approximate surface area is 153 Å². The van der Waals surface area contributed by atoms with E-state index in [-0.39, 0.29) is 20.7 Å². The number of nitrogens with one attached hydrogen (secondary N) is 1. The van der Waals surface area contributed by atoms with Gasteiger partial charge in [-0.2, -0.15) is 0 Å². The lowest BCUT2D eigenvalue weighted by Gasteiger charge is -2.29. The first-order chi connectivity index (χ1) is 11.4. The molecule has 2 heterocycles. The van der Waals surface area contributed by atoms with Gasteiger partial charge in [0.05, 0.1) is 15.7 Å². The molecule has 1 saturated heterocycles. The number of hydrogen-bond acceptors (Lipinski definition) is 3. The molecule has 8 heteroatoms. The first-order valence-corrected chi connectivity index (χ1v) is 8.02. The number of thiocarbonyl (C=S) groups is 1. The summed E-state index contributed by atoms with van der Waals surface area (Å²) in [6.07, 6.45) is 5.11. The smallest absolute Gasteiger partial charge is 0.270 e. The molecule has 0 spiro atoms. The van der Waals surface area contributed by atoms with Crippen LogP contribution in [0.3, 0.4) is 0 Å². The Kier molecular flexibility index (Phi) is 4.45. The number of rotatable bonds is 2. The summed E-state index contributed by atoms with van der Waals surface area (Å²) >= 11 is 17.3. The van der Waals surface area contributed by atoms with E-state index in [2.05, 4.69) is 5.32 Å². The van der Waals surface area contributed by atoms with E-state index in [0.29, 0.717) is 5.69 Å². The maximum absolute atomic E-state index is 12.8. The standard InChI is InChI=1S/C16H11Cl2N3O2S/c1-20-6-5-9(8-20)7-10-14(22)19-16(24)21(15(10)23)12-4-2-3-11(17)13(12)18/h2-8H,1H3,(H,19,22,24)/b10-7-. The zero-order chi connectivity index (χ0) is 17.4. The van der Waals surface area contributed by atoms with Crippen LogP contribution in [0.25, 0.3) is 6.08 Å². The van der Waals surface area contributed by atoms with E-state index < -0.39 is 11.8 Å².